The van der Waals surface area contributed by atoms with E-state index in [2.05, 4.69) is 19.4 Å². The van der Waals surface area contributed by atoms with Gasteiger partial charge in [-0.25, -0.2) is 0 Å². The summed E-state index contributed by atoms with van der Waals surface area (Å²) in [7, 11) is 0. The SMILES string of the molecule is O=C(NC(=S)Nc1ccccc1O)c1ccc2nsnc2c1. The lowest BCUT2D eigenvalue weighted by atomic mass is 10.2. The third-order valence-electron chi connectivity index (χ3n) is 2.90. The van der Waals surface area contributed by atoms with Gasteiger partial charge in [0.1, 0.15) is 16.8 Å². The van der Waals surface area contributed by atoms with Crippen molar-refractivity contribution >= 4 is 51.7 Å². The maximum Gasteiger partial charge on any atom is 0.257 e. The number of anilines is 1. The zero-order chi connectivity index (χ0) is 15.5. The molecule has 1 amide bonds. The van der Waals surface area contributed by atoms with Crippen molar-refractivity contribution in [2.24, 2.45) is 0 Å². The van der Waals surface area contributed by atoms with Crippen LogP contribution in [-0.4, -0.2) is 24.9 Å². The lowest BCUT2D eigenvalue weighted by Crippen LogP contribution is -2.34. The average Bonchev–Trinajstić information content (AvgIpc) is 2.97. The van der Waals surface area contributed by atoms with E-state index < -0.39 is 0 Å². The van der Waals surface area contributed by atoms with Crippen molar-refractivity contribution < 1.29 is 9.90 Å². The molecule has 0 fully saturated rings. The van der Waals surface area contributed by atoms with Gasteiger partial charge in [0.05, 0.1) is 17.4 Å². The van der Waals surface area contributed by atoms with Gasteiger partial charge < -0.3 is 10.4 Å². The van der Waals surface area contributed by atoms with E-state index >= 15 is 0 Å². The molecule has 0 aliphatic carbocycles. The molecule has 8 heteroatoms. The second-order valence-electron chi connectivity index (χ2n) is 4.39. The average molecular weight is 330 g/mol. The summed E-state index contributed by atoms with van der Waals surface area (Å²) in [5.74, 6) is -0.308. The Morgan fingerprint density at radius 2 is 1.91 bits per heavy atom. The first-order valence-corrected chi connectivity index (χ1v) is 7.40. The number of phenolic OH excluding ortho intramolecular Hbond substituents is 1. The molecule has 1 aromatic heterocycles. The van der Waals surface area contributed by atoms with Gasteiger partial charge in [0.15, 0.2) is 5.11 Å². The molecule has 0 atom stereocenters. The quantitative estimate of drug-likeness (QED) is 0.494. The molecule has 110 valence electrons. The Labute approximate surface area is 135 Å². The van der Waals surface area contributed by atoms with Crippen molar-refractivity contribution in [1.82, 2.24) is 14.1 Å². The Morgan fingerprint density at radius 1 is 1.14 bits per heavy atom. The fourth-order valence-electron chi connectivity index (χ4n) is 1.83. The number of phenols is 1. The highest BCUT2D eigenvalue weighted by Crippen LogP contribution is 2.21. The lowest BCUT2D eigenvalue weighted by molar-refractivity contribution is 0.0978. The van der Waals surface area contributed by atoms with Crippen LogP contribution in [0.15, 0.2) is 42.5 Å². The molecule has 6 nitrogen and oxygen atoms in total. The fraction of sp³-hybridized carbons (Fsp3) is 0. The highest BCUT2D eigenvalue weighted by Gasteiger charge is 2.11. The summed E-state index contributed by atoms with van der Waals surface area (Å²) in [6.07, 6.45) is 0. The van der Waals surface area contributed by atoms with Gasteiger partial charge in [-0.05, 0) is 42.5 Å². The molecule has 0 saturated carbocycles. The van der Waals surface area contributed by atoms with Crippen LogP contribution in [0.3, 0.4) is 0 Å². The highest BCUT2D eigenvalue weighted by atomic mass is 32.1. The predicted molar refractivity (Wildman–Crippen MR) is 89.2 cm³/mol. The Kier molecular flexibility index (Phi) is 3.94. The van der Waals surface area contributed by atoms with E-state index in [1.54, 1.807) is 36.4 Å². The summed E-state index contributed by atoms with van der Waals surface area (Å²) in [5.41, 5.74) is 2.27. The van der Waals surface area contributed by atoms with E-state index in [1.807, 2.05) is 0 Å². The number of benzene rings is 2. The standard InChI is InChI=1S/C14H10N4O2S2/c19-12-4-2-1-3-10(12)15-14(21)16-13(20)8-5-6-9-11(7-8)18-22-17-9/h1-7,19H,(H2,15,16,20,21). The number of amides is 1. The number of carbonyl (C=O) groups is 1. The Hall–Kier alpha value is -2.58. The number of thiocarbonyl (C=S) groups is 1. The minimum absolute atomic E-state index is 0.0501. The first-order valence-electron chi connectivity index (χ1n) is 6.26. The molecule has 0 unspecified atom stereocenters. The third-order valence-corrected chi connectivity index (χ3v) is 3.66. The molecule has 3 aromatic rings. The summed E-state index contributed by atoms with van der Waals surface area (Å²) >= 11 is 6.16. The fourth-order valence-corrected chi connectivity index (χ4v) is 2.55. The molecular formula is C14H10N4O2S2. The zero-order valence-corrected chi connectivity index (χ0v) is 12.7. The number of rotatable bonds is 2. The summed E-state index contributed by atoms with van der Waals surface area (Å²) in [6.45, 7) is 0. The van der Waals surface area contributed by atoms with E-state index in [1.165, 1.54) is 6.07 Å². The number of nitrogens with one attached hydrogen (secondary N) is 2. The van der Waals surface area contributed by atoms with Gasteiger partial charge in [0, 0.05) is 5.56 Å². The molecule has 0 aliphatic heterocycles. The van der Waals surface area contributed by atoms with E-state index in [0.717, 1.165) is 17.2 Å². The van der Waals surface area contributed by atoms with Gasteiger partial charge in [-0.15, -0.1) is 0 Å². The molecule has 0 saturated heterocycles. The van der Waals surface area contributed by atoms with Crippen molar-refractivity contribution in [2.45, 2.75) is 0 Å². The van der Waals surface area contributed by atoms with Crippen molar-refractivity contribution in [2.75, 3.05) is 5.32 Å². The third kappa shape index (κ3) is 3.02. The molecular weight excluding hydrogens is 320 g/mol. The van der Waals surface area contributed by atoms with Crippen LogP contribution in [0.4, 0.5) is 5.69 Å². The summed E-state index contributed by atoms with van der Waals surface area (Å²) in [6, 6.07) is 11.7. The van der Waals surface area contributed by atoms with Crippen molar-refractivity contribution in [3.63, 3.8) is 0 Å². The maximum atomic E-state index is 12.1. The van der Waals surface area contributed by atoms with Crippen LogP contribution in [0.25, 0.3) is 11.0 Å². The Morgan fingerprint density at radius 3 is 2.73 bits per heavy atom. The number of hydrogen-bond donors (Lipinski definition) is 3. The summed E-state index contributed by atoms with van der Waals surface area (Å²) in [5, 5.41) is 15.1. The van der Waals surface area contributed by atoms with Gasteiger partial charge in [0.25, 0.3) is 5.91 Å². The van der Waals surface area contributed by atoms with Crippen molar-refractivity contribution in [3.05, 3.63) is 48.0 Å². The molecule has 0 aliphatic rings. The van der Waals surface area contributed by atoms with Gasteiger partial charge in [-0.1, -0.05) is 12.1 Å². The maximum absolute atomic E-state index is 12.1. The number of aromatic nitrogens is 2. The topological polar surface area (TPSA) is 87.1 Å². The van der Waals surface area contributed by atoms with E-state index in [4.69, 9.17) is 12.2 Å². The van der Waals surface area contributed by atoms with Gasteiger partial charge in [0.2, 0.25) is 0 Å². The molecule has 2 aromatic carbocycles. The number of fused-ring (bicyclic) bond motifs is 1. The first kappa shape index (κ1) is 14.4. The smallest absolute Gasteiger partial charge is 0.257 e. The second-order valence-corrected chi connectivity index (χ2v) is 5.33. The highest BCUT2D eigenvalue weighted by molar-refractivity contribution is 7.80. The Balaban J connectivity index is 1.70. The number of nitrogens with zero attached hydrogens (tertiary/aromatic N) is 2. The molecule has 3 N–H and O–H groups in total. The first-order chi connectivity index (χ1) is 10.6. The molecule has 0 bridgehead atoms. The molecule has 1 heterocycles. The van der Waals surface area contributed by atoms with Gasteiger partial charge in [-0.2, -0.15) is 8.75 Å². The van der Waals surface area contributed by atoms with Crippen LogP contribution in [0, 0.1) is 0 Å². The second kappa shape index (κ2) is 6.04. The molecule has 0 radical (unpaired) electrons. The number of aromatic hydroxyl groups is 1. The number of para-hydroxylation sites is 2. The minimum Gasteiger partial charge on any atom is -0.506 e. The van der Waals surface area contributed by atoms with E-state index in [9.17, 15) is 9.90 Å². The number of carbonyl (C=O) groups excluding carboxylic acids is 1. The monoisotopic (exact) mass is 330 g/mol. The van der Waals surface area contributed by atoms with Crippen LogP contribution >= 0.6 is 23.9 Å². The molecule has 3 rings (SSSR count). The van der Waals surface area contributed by atoms with E-state index in [0.29, 0.717) is 16.8 Å². The normalized spacial score (nSPS) is 10.4. The number of hydrogen-bond acceptors (Lipinski definition) is 6. The van der Waals surface area contributed by atoms with Gasteiger partial charge in [-0.3, -0.25) is 10.1 Å². The van der Waals surface area contributed by atoms with Crippen LogP contribution in [0.1, 0.15) is 10.4 Å². The largest absolute Gasteiger partial charge is 0.506 e. The lowest BCUT2D eigenvalue weighted by Gasteiger charge is -2.10. The Bertz CT molecular complexity index is 863. The van der Waals surface area contributed by atoms with Crippen molar-refractivity contribution in [1.29, 1.82) is 0 Å². The van der Waals surface area contributed by atoms with E-state index in [-0.39, 0.29) is 16.8 Å². The van der Waals surface area contributed by atoms with Crippen LogP contribution in [0.5, 0.6) is 5.75 Å². The van der Waals surface area contributed by atoms with Crippen molar-refractivity contribution in [3.8, 4) is 5.75 Å². The molecule has 22 heavy (non-hydrogen) atoms. The van der Waals surface area contributed by atoms with Crippen LogP contribution in [-0.2, 0) is 0 Å². The predicted octanol–water partition coefficient (Wildman–Crippen LogP) is 2.52. The molecule has 0 spiro atoms. The summed E-state index contributed by atoms with van der Waals surface area (Å²) < 4.78 is 8.17. The zero-order valence-electron chi connectivity index (χ0n) is 11.1. The van der Waals surface area contributed by atoms with Crippen LogP contribution in [0.2, 0.25) is 0 Å². The minimum atomic E-state index is -0.358. The van der Waals surface area contributed by atoms with Gasteiger partial charge >= 0.3 is 0 Å². The van der Waals surface area contributed by atoms with Crippen LogP contribution < -0.4 is 10.6 Å². The summed E-state index contributed by atoms with van der Waals surface area (Å²) in [4.78, 5) is 12.1.